The van der Waals surface area contributed by atoms with Gasteiger partial charge in [-0.2, -0.15) is 5.10 Å². The minimum atomic E-state index is 0.805. The van der Waals surface area contributed by atoms with Gasteiger partial charge in [0.25, 0.3) is 0 Å². The number of fused-ring (bicyclic) bond motifs is 1. The average Bonchev–Trinajstić information content (AvgIpc) is 2.47. The molecule has 0 amide bonds. The fourth-order valence-electron chi connectivity index (χ4n) is 1.19. The second kappa shape index (κ2) is 3.38. The molecule has 0 atom stereocenters. The molecule has 0 aliphatic rings. The Balaban J connectivity index is 2.82. The van der Waals surface area contributed by atoms with Crippen LogP contribution in [0.2, 0.25) is 0 Å². The van der Waals surface area contributed by atoms with Gasteiger partial charge in [0, 0.05) is 0 Å². The van der Waals surface area contributed by atoms with Gasteiger partial charge < -0.3 is 0 Å². The molecule has 0 unspecified atom stereocenters. The van der Waals surface area contributed by atoms with Crippen LogP contribution in [0, 0.1) is 0 Å². The molecule has 3 nitrogen and oxygen atoms in total. The second-order valence-electron chi connectivity index (χ2n) is 2.65. The maximum absolute atomic E-state index is 4.31. The zero-order valence-electron chi connectivity index (χ0n) is 6.96. The van der Waals surface area contributed by atoms with Gasteiger partial charge in [-0.25, -0.2) is 9.50 Å². The summed E-state index contributed by atoms with van der Waals surface area (Å²) in [6.45, 7) is 2.08. The van der Waals surface area contributed by atoms with Crippen molar-refractivity contribution in [2.75, 3.05) is 0 Å². The molecule has 0 fully saturated rings. The third-order valence-corrected chi connectivity index (χ3v) is 2.80. The van der Waals surface area contributed by atoms with E-state index in [0.717, 1.165) is 26.8 Å². The SMILES string of the molecule is CCc1cnc2c(Br)cc(Br)nn12. The van der Waals surface area contributed by atoms with Crippen molar-refractivity contribution in [3.8, 4) is 0 Å². The third kappa shape index (κ3) is 1.50. The van der Waals surface area contributed by atoms with Crippen LogP contribution in [0.5, 0.6) is 0 Å². The van der Waals surface area contributed by atoms with E-state index in [4.69, 9.17) is 0 Å². The smallest absolute Gasteiger partial charge is 0.168 e. The number of nitrogens with zero attached hydrogens (tertiary/aromatic N) is 3. The largest absolute Gasteiger partial charge is 0.234 e. The highest BCUT2D eigenvalue weighted by molar-refractivity contribution is 9.11. The number of rotatable bonds is 1. The highest BCUT2D eigenvalue weighted by Gasteiger charge is 2.06. The summed E-state index contributed by atoms with van der Waals surface area (Å²) < 4.78 is 3.60. The van der Waals surface area contributed by atoms with Crippen LogP contribution in [-0.4, -0.2) is 14.6 Å². The Bertz CT molecular complexity index is 450. The fourth-order valence-corrected chi connectivity index (χ4v) is 2.37. The molecule has 2 heterocycles. The lowest BCUT2D eigenvalue weighted by atomic mass is 10.4. The van der Waals surface area contributed by atoms with Crippen LogP contribution in [0.3, 0.4) is 0 Å². The van der Waals surface area contributed by atoms with Gasteiger partial charge in [0.15, 0.2) is 5.65 Å². The van der Waals surface area contributed by atoms with Crippen molar-refractivity contribution in [3.63, 3.8) is 0 Å². The molecular formula is C8H7Br2N3. The van der Waals surface area contributed by atoms with Crippen molar-refractivity contribution in [2.45, 2.75) is 13.3 Å². The second-order valence-corrected chi connectivity index (χ2v) is 4.32. The van der Waals surface area contributed by atoms with Gasteiger partial charge in [-0.3, -0.25) is 0 Å². The molecule has 2 aromatic rings. The van der Waals surface area contributed by atoms with Crippen LogP contribution >= 0.6 is 31.9 Å². The van der Waals surface area contributed by atoms with E-state index in [1.165, 1.54) is 0 Å². The van der Waals surface area contributed by atoms with Crippen LogP contribution in [0.4, 0.5) is 0 Å². The summed E-state index contributed by atoms with van der Waals surface area (Å²) in [4.78, 5) is 4.26. The summed E-state index contributed by atoms with van der Waals surface area (Å²) in [5, 5.41) is 4.31. The number of imidazole rings is 1. The molecule has 0 aliphatic carbocycles. The molecule has 2 aromatic heterocycles. The van der Waals surface area contributed by atoms with E-state index in [9.17, 15) is 0 Å². The van der Waals surface area contributed by atoms with Crippen molar-refractivity contribution in [3.05, 3.63) is 27.0 Å². The minimum absolute atomic E-state index is 0.805. The first-order valence-corrected chi connectivity index (χ1v) is 5.49. The van der Waals surface area contributed by atoms with Crippen molar-refractivity contribution in [1.29, 1.82) is 0 Å². The fraction of sp³-hybridized carbons (Fsp3) is 0.250. The molecule has 13 heavy (non-hydrogen) atoms. The summed E-state index contributed by atoms with van der Waals surface area (Å²) in [6.07, 6.45) is 2.77. The summed E-state index contributed by atoms with van der Waals surface area (Å²) in [5.41, 5.74) is 1.97. The normalized spacial score (nSPS) is 11.0. The van der Waals surface area contributed by atoms with Crippen molar-refractivity contribution in [1.82, 2.24) is 14.6 Å². The first-order valence-electron chi connectivity index (χ1n) is 3.91. The Morgan fingerprint density at radius 2 is 2.23 bits per heavy atom. The van der Waals surface area contributed by atoms with Gasteiger partial charge in [0.05, 0.1) is 16.4 Å². The molecule has 0 saturated heterocycles. The highest BCUT2D eigenvalue weighted by Crippen LogP contribution is 2.20. The molecule has 0 bridgehead atoms. The quantitative estimate of drug-likeness (QED) is 0.811. The molecular weight excluding hydrogens is 298 g/mol. The lowest BCUT2D eigenvalue weighted by Crippen LogP contribution is -1.97. The Kier molecular flexibility index (Phi) is 2.38. The van der Waals surface area contributed by atoms with Crippen molar-refractivity contribution in [2.24, 2.45) is 0 Å². The van der Waals surface area contributed by atoms with E-state index >= 15 is 0 Å². The summed E-state index contributed by atoms with van der Waals surface area (Å²) in [5.74, 6) is 0. The molecule has 2 rings (SSSR count). The molecule has 0 spiro atoms. The Morgan fingerprint density at radius 1 is 1.46 bits per heavy atom. The van der Waals surface area contributed by atoms with Gasteiger partial charge in [-0.15, -0.1) is 0 Å². The van der Waals surface area contributed by atoms with Gasteiger partial charge in [-0.05, 0) is 44.3 Å². The van der Waals surface area contributed by atoms with Gasteiger partial charge in [-0.1, -0.05) is 6.92 Å². The Hall–Kier alpha value is -0.420. The van der Waals surface area contributed by atoms with Crippen LogP contribution in [-0.2, 0) is 6.42 Å². The highest BCUT2D eigenvalue weighted by atomic mass is 79.9. The van der Waals surface area contributed by atoms with E-state index in [1.807, 2.05) is 16.8 Å². The van der Waals surface area contributed by atoms with Crippen molar-refractivity contribution < 1.29 is 0 Å². The Labute approximate surface area is 92.4 Å². The maximum Gasteiger partial charge on any atom is 0.168 e. The molecule has 68 valence electrons. The lowest BCUT2D eigenvalue weighted by molar-refractivity contribution is 0.843. The number of hydrogen-bond donors (Lipinski definition) is 0. The van der Waals surface area contributed by atoms with Gasteiger partial charge in [0.1, 0.15) is 4.60 Å². The van der Waals surface area contributed by atoms with Crippen LogP contribution in [0.15, 0.2) is 21.3 Å². The standard InChI is InChI=1S/C8H7Br2N3/c1-2-5-4-11-8-6(9)3-7(10)12-13(5)8/h3-4H,2H2,1H3. The zero-order valence-corrected chi connectivity index (χ0v) is 10.1. The first kappa shape index (κ1) is 9.15. The molecule has 0 aromatic carbocycles. The van der Waals surface area contributed by atoms with E-state index in [1.54, 1.807) is 0 Å². The average molecular weight is 305 g/mol. The molecule has 0 radical (unpaired) electrons. The topological polar surface area (TPSA) is 30.2 Å². The predicted octanol–water partition coefficient (Wildman–Crippen LogP) is 2.82. The monoisotopic (exact) mass is 303 g/mol. The zero-order chi connectivity index (χ0) is 9.42. The number of aromatic nitrogens is 3. The maximum atomic E-state index is 4.31. The third-order valence-electron chi connectivity index (χ3n) is 1.83. The summed E-state index contributed by atoms with van der Waals surface area (Å²) >= 11 is 6.78. The number of aryl methyl sites for hydroxylation is 1. The predicted molar refractivity (Wildman–Crippen MR) is 57.8 cm³/mol. The molecule has 0 N–H and O–H groups in total. The summed E-state index contributed by atoms with van der Waals surface area (Å²) in [6, 6.07) is 1.89. The summed E-state index contributed by atoms with van der Waals surface area (Å²) in [7, 11) is 0. The van der Waals surface area contributed by atoms with Gasteiger partial charge in [0.2, 0.25) is 0 Å². The van der Waals surface area contributed by atoms with Crippen LogP contribution in [0.25, 0.3) is 5.65 Å². The molecule has 0 saturated carbocycles. The van der Waals surface area contributed by atoms with Crippen LogP contribution in [0.1, 0.15) is 12.6 Å². The molecule has 5 heteroatoms. The minimum Gasteiger partial charge on any atom is -0.234 e. The number of hydrogen-bond acceptors (Lipinski definition) is 2. The molecule has 0 aliphatic heterocycles. The van der Waals surface area contributed by atoms with Crippen LogP contribution < -0.4 is 0 Å². The van der Waals surface area contributed by atoms with Gasteiger partial charge >= 0.3 is 0 Å². The lowest BCUT2D eigenvalue weighted by Gasteiger charge is -1.99. The number of halogens is 2. The van der Waals surface area contributed by atoms with E-state index in [-0.39, 0.29) is 0 Å². The van der Waals surface area contributed by atoms with E-state index < -0.39 is 0 Å². The van der Waals surface area contributed by atoms with Crippen molar-refractivity contribution >= 4 is 37.5 Å². The Morgan fingerprint density at radius 3 is 2.92 bits per heavy atom. The first-order chi connectivity index (χ1) is 6.22. The van der Waals surface area contributed by atoms with E-state index in [0.29, 0.717) is 0 Å². The van der Waals surface area contributed by atoms with E-state index in [2.05, 4.69) is 48.9 Å².